The zero-order chi connectivity index (χ0) is 34.0. The monoisotopic (exact) mass is 630 g/mol. The van der Waals surface area contributed by atoms with E-state index in [4.69, 9.17) is 9.15 Å². The lowest BCUT2D eigenvalue weighted by molar-refractivity contribution is -0.274. The fourth-order valence-corrected chi connectivity index (χ4v) is 6.20. The lowest BCUT2D eigenvalue weighted by Crippen LogP contribution is -2.41. The van der Waals surface area contributed by atoms with Crippen LogP contribution in [-0.4, -0.2) is 17.9 Å². The number of unbranched alkanes of at least 4 members (excludes halogenated alkanes) is 2. The fraction of sp³-hybridized carbons (Fsp3) is 0.605. The third-order valence-electron chi connectivity index (χ3n) is 8.30. The molecule has 1 atom stereocenters. The fourth-order valence-electron chi connectivity index (χ4n) is 6.20. The largest absolute Gasteiger partial charge is 0.573 e. The van der Waals surface area contributed by atoms with E-state index in [-0.39, 0.29) is 34.0 Å². The molecule has 0 fully saturated rings. The van der Waals surface area contributed by atoms with Gasteiger partial charge in [-0.05, 0) is 91.2 Å². The van der Waals surface area contributed by atoms with Crippen molar-refractivity contribution in [3.8, 4) is 17.1 Å². The Hall–Kier alpha value is -2.96. The molecule has 0 spiro atoms. The Bertz CT molecular complexity index is 1450. The molecule has 0 aliphatic carbocycles. The molecular formula is C38H53F3O4. The van der Waals surface area contributed by atoms with Crippen LogP contribution in [0.25, 0.3) is 22.3 Å². The SMILES string of the molecule is CCCCCc1ccc(-c2cc3ccc(C(C)(C)CC(C)(C)OC(=O)C(CC(C)(C)C)C(C)(C)C)cc3o2)c(OC(F)(F)F)c1. The first-order valence-electron chi connectivity index (χ1n) is 16.2. The molecule has 0 saturated heterocycles. The molecule has 2 aromatic carbocycles. The van der Waals surface area contributed by atoms with E-state index in [0.717, 1.165) is 42.2 Å². The topological polar surface area (TPSA) is 48.7 Å². The Morgan fingerprint density at radius 2 is 1.53 bits per heavy atom. The molecule has 0 aliphatic rings. The highest BCUT2D eigenvalue weighted by Gasteiger charge is 2.40. The molecule has 3 aromatic rings. The first-order chi connectivity index (χ1) is 20.5. The Balaban J connectivity index is 1.88. The minimum atomic E-state index is -4.82. The van der Waals surface area contributed by atoms with Crippen molar-refractivity contribution in [3.05, 3.63) is 53.6 Å². The number of furan rings is 1. The van der Waals surface area contributed by atoms with E-state index < -0.39 is 17.4 Å². The van der Waals surface area contributed by atoms with Crippen molar-refractivity contribution < 1.29 is 31.9 Å². The molecule has 0 amide bonds. The molecule has 0 saturated carbocycles. The van der Waals surface area contributed by atoms with Crippen molar-refractivity contribution in [3.63, 3.8) is 0 Å². The van der Waals surface area contributed by atoms with Gasteiger partial charge in [0.1, 0.15) is 22.7 Å². The molecule has 1 heterocycles. The molecule has 4 nitrogen and oxygen atoms in total. The molecular weight excluding hydrogens is 577 g/mol. The van der Waals surface area contributed by atoms with Gasteiger partial charge in [-0.15, -0.1) is 13.2 Å². The maximum absolute atomic E-state index is 13.5. The summed E-state index contributed by atoms with van der Waals surface area (Å²) in [6.45, 7) is 22.8. The summed E-state index contributed by atoms with van der Waals surface area (Å²) in [6.07, 6.45) is 0.0711. The molecule has 0 aliphatic heterocycles. The number of ether oxygens (including phenoxy) is 2. The number of benzene rings is 2. The smallest absolute Gasteiger partial charge is 0.459 e. The summed E-state index contributed by atoms with van der Waals surface area (Å²) in [5, 5.41) is 0.774. The van der Waals surface area contributed by atoms with Crippen LogP contribution >= 0.6 is 0 Å². The third kappa shape index (κ3) is 10.5. The summed E-state index contributed by atoms with van der Waals surface area (Å²) in [5.41, 5.74) is 1.17. The molecule has 45 heavy (non-hydrogen) atoms. The Morgan fingerprint density at radius 3 is 2.11 bits per heavy atom. The summed E-state index contributed by atoms with van der Waals surface area (Å²) in [7, 11) is 0. The molecule has 0 radical (unpaired) electrons. The van der Waals surface area contributed by atoms with Gasteiger partial charge in [0.25, 0.3) is 0 Å². The summed E-state index contributed by atoms with van der Waals surface area (Å²) in [5.74, 6) is -0.382. The summed E-state index contributed by atoms with van der Waals surface area (Å²) in [6, 6.07) is 12.5. The second-order valence-electron chi connectivity index (χ2n) is 16.1. The molecule has 0 N–H and O–H groups in total. The lowest BCUT2D eigenvalue weighted by atomic mass is 9.72. The van der Waals surface area contributed by atoms with Crippen LogP contribution in [0.2, 0.25) is 0 Å². The summed E-state index contributed by atoms with van der Waals surface area (Å²) < 4.78 is 56.9. The van der Waals surface area contributed by atoms with Crippen molar-refractivity contribution >= 4 is 16.9 Å². The Kier molecular flexibility index (Phi) is 10.9. The average Bonchev–Trinajstić information content (AvgIpc) is 3.27. The van der Waals surface area contributed by atoms with Gasteiger partial charge in [0.05, 0.1) is 11.5 Å². The number of rotatable bonds is 12. The molecule has 1 aromatic heterocycles. The van der Waals surface area contributed by atoms with Crippen LogP contribution < -0.4 is 4.74 Å². The van der Waals surface area contributed by atoms with Crippen molar-refractivity contribution in [2.45, 2.75) is 132 Å². The number of hydrogen-bond acceptors (Lipinski definition) is 4. The maximum atomic E-state index is 13.5. The van der Waals surface area contributed by atoms with Gasteiger partial charge < -0.3 is 13.9 Å². The van der Waals surface area contributed by atoms with Crippen LogP contribution in [0.5, 0.6) is 5.75 Å². The summed E-state index contributed by atoms with van der Waals surface area (Å²) in [4.78, 5) is 13.5. The maximum Gasteiger partial charge on any atom is 0.573 e. The molecule has 0 bridgehead atoms. The highest BCUT2D eigenvalue weighted by Crippen LogP contribution is 2.42. The van der Waals surface area contributed by atoms with Gasteiger partial charge in [-0.1, -0.05) is 93.4 Å². The van der Waals surface area contributed by atoms with E-state index in [1.54, 1.807) is 12.1 Å². The lowest BCUT2D eigenvalue weighted by Gasteiger charge is -2.39. The number of carbonyl (C=O) groups excluding carboxylic acids is 1. The number of halogens is 3. The highest BCUT2D eigenvalue weighted by molar-refractivity contribution is 5.85. The quantitative estimate of drug-likeness (QED) is 0.148. The second-order valence-corrected chi connectivity index (χ2v) is 16.1. The van der Waals surface area contributed by atoms with Crippen LogP contribution in [0.4, 0.5) is 13.2 Å². The van der Waals surface area contributed by atoms with E-state index in [1.807, 2.05) is 38.1 Å². The van der Waals surface area contributed by atoms with Gasteiger partial charge >= 0.3 is 12.3 Å². The van der Waals surface area contributed by atoms with Crippen LogP contribution in [0, 0.1) is 16.7 Å². The zero-order valence-electron chi connectivity index (χ0n) is 29.1. The first-order valence-corrected chi connectivity index (χ1v) is 16.2. The normalized spacial score (nSPS) is 14.1. The summed E-state index contributed by atoms with van der Waals surface area (Å²) >= 11 is 0. The highest BCUT2D eigenvalue weighted by atomic mass is 19.4. The predicted molar refractivity (Wildman–Crippen MR) is 176 cm³/mol. The molecule has 250 valence electrons. The zero-order valence-corrected chi connectivity index (χ0v) is 29.1. The van der Waals surface area contributed by atoms with Crippen molar-refractivity contribution in [1.29, 1.82) is 0 Å². The Morgan fingerprint density at radius 1 is 0.867 bits per heavy atom. The molecule has 7 heteroatoms. The van der Waals surface area contributed by atoms with Crippen LogP contribution in [0.3, 0.4) is 0 Å². The van der Waals surface area contributed by atoms with E-state index in [2.05, 4.69) is 67.1 Å². The van der Waals surface area contributed by atoms with Crippen molar-refractivity contribution in [2.24, 2.45) is 16.7 Å². The molecule has 3 rings (SSSR count). The van der Waals surface area contributed by atoms with E-state index in [1.165, 1.54) is 6.07 Å². The van der Waals surface area contributed by atoms with Gasteiger partial charge in [-0.25, -0.2) is 0 Å². The number of hydrogen-bond donors (Lipinski definition) is 0. The average molecular weight is 631 g/mol. The van der Waals surface area contributed by atoms with Gasteiger partial charge in [0.2, 0.25) is 0 Å². The third-order valence-corrected chi connectivity index (χ3v) is 8.30. The van der Waals surface area contributed by atoms with Crippen LogP contribution in [-0.2, 0) is 21.4 Å². The number of carbonyl (C=O) groups is 1. The number of fused-ring (bicyclic) bond motifs is 1. The van der Waals surface area contributed by atoms with Gasteiger partial charge in [-0.3, -0.25) is 4.79 Å². The van der Waals surface area contributed by atoms with Crippen molar-refractivity contribution in [1.82, 2.24) is 0 Å². The molecule has 1 unspecified atom stereocenters. The number of aryl methyl sites for hydroxylation is 1. The van der Waals surface area contributed by atoms with Gasteiger partial charge in [-0.2, -0.15) is 0 Å². The number of alkyl halides is 3. The standard InChI is InChI=1S/C38H53F3O4/c1-12-13-14-15-25-16-19-28(32(20-25)44-38(39,40)41)31-21-26-17-18-27(22-30(26)43-31)36(8,9)24-37(10,11)45-33(42)29(35(5,6)7)23-34(2,3)4/h16-22,29H,12-15,23-24H2,1-11H3. The minimum Gasteiger partial charge on any atom is -0.459 e. The first kappa shape index (κ1) is 36.5. The van der Waals surface area contributed by atoms with E-state index in [9.17, 15) is 18.0 Å². The van der Waals surface area contributed by atoms with Crippen LogP contribution in [0.15, 0.2) is 46.9 Å². The van der Waals surface area contributed by atoms with E-state index >= 15 is 0 Å². The second kappa shape index (κ2) is 13.4. The predicted octanol–water partition coefficient (Wildman–Crippen LogP) is 11.8. The van der Waals surface area contributed by atoms with Gasteiger partial charge in [0.15, 0.2) is 0 Å². The number of esters is 1. The van der Waals surface area contributed by atoms with Crippen molar-refractivity contribution in [2.75, 3.05) is 0 Å². The van der Waals surface area contributed by atoms with Crippen LogP contribution in [0.1, 0.15) is 119 Å². The Labute approximate surface area is 268 Å². The van der Waals surface area contributed by atoms with Gasteiger partial charge in [0, 0.05) is 5.39 Å². The minimum absolute atomic E-state index is 0.0198. The van der Waals surface area contributed by atoms with E-state index in [0.29, 0.717) is 24.2 Å².